The molecule has 1 aliphatic heterocycles. The number of nitrogen functional groups attached to an aromatic ring is 1. The van der Waals surface area contributed by atoms with Crippen LogP contribution in [0.5, 0.6) is 0 Å². The van der Waals surface area contributed by atoms with Gasteiger partial charge in [0.2, 0.25) is 0 Å². The molecule has 0 unspecified atom stereocenters. The zero-order valence-electron chi connectivity index (χ0n) is 18.4. The lowest BCUT2D eigenvalue weighted by Gasteiger charge is -2.23. The van der Waals surface area contributed by atoms with Crippen molar-refractivity contribution in [2.45, 2.75) is 52.7 Å². The molecule has 1 atom stereocenters. The third-order valence-electron chi connectivity index (χ3n) is 4.65. The highest BCUT2D eigenvalue weighted by atomic mass is 16.6. The number of pyridine rings is 1. The monoisotopic (exact) mass is 413 g/mol. The van der Waals surface area contributed by atoms with Crippen LogP contribution in [0.15, 0.2) is 24.3 Å². The van der Waals surface area contributed by atoms with E-state index in [1.807, 2.05) is 58.9 Å². The van der Waals surface area contributed by atoms with E-state index in [0.717, 1.165) is 22.2 Å². The van der Waals surface area contributed by atoms with Gasteiger partial charge in [0.1, 0.15) is 16.9 Å². The van der Waals surface area contributed by atoms with Gasteiger partial charge in [0.05, 0.1) is 30.3 Å². The Labute approximate surface area is 176 Å². The van der Waals surface area contributed by atoms with Crippen LogP contribution in [0.25, 0.3) is 21.9 Å². The molecule has 0 spiro atoms. The van der Waals surface area contributed by atoms with Gasteiger partial charge in [-0.05, 0) is 26.8 Å². The minimum atomic E-state index is -0.548. The number of fused-ring (bicyclic) bond motifs is 5. The molecule has 0 fully saturated rings. The van der Waals surface area contributed by atoms with E-state index in [2.05, 4.69) is 14.9 Å². The molecule has 4 rings (SSSR count). The van der Waals surface area contributed by atoms with Crippen molar-refractivity contribution in [2.75, 3.05) is 25.5 Å². The number of imidazole rings is 1. The second-order valence-corrected chi connectivity index (χ2v) is 7.97. The molecule has 0 bridgehead atoms. The van der Waals surface area contributed by atoms with Crippen LogP contribution in [0.4, 0.5) is 10.6 Å². The van der Waals surface area contributed by atoms with Gasteiger partial charge in [0.25, 0.3) is 0 Å². The fourth-order valence-corrected chi connectivity index (χ4v) is 3.56. The number of benzene rings is 1. The number of ether oxygens (including phenoxy) is 2. The van der Waals surface area contributed by atoms with Gasteiger partial charge in [-0.15, -0.1) is 0 Å². The van der Waals surface area contributed by atoms with Crippen molar-refractivity contribution in [1.29, 1.82) is 0 Å². The predicted octanol–water partition coefficient (Wildman–Crippen LogP) is 3.83. The molecule has 30 heavy (non-hydrogen) atoms. The van der Waals surface area contributed by atoms with Gasteiger partial charge in [0, 0.05) is 18.4 Å². The SMILES string of the molecule is CC.CC(C)(C)OC(=O)NC[C@H]1COCCc2nc3c(N)nc4ccccc4c3n21. The number of rotatable bonds is 2. The molecular weight excluding hydrogens is 382 g/mol. The lowest BCUT2D eigenvalue weighted by molar-refractivity contribution is 0.0505. The zero-order chi connectivity index (χ0) is 21.9. The van der Waals surface area contributed by atoms with E-state index in [1.54, 1.807) is 0 Å². The summed E-state index contributed by atoms with van der Waals surface area (Å²) in [7, 11) is 0. The first-order chi connectivity index (χ1) is 14.3. The predicted molar refractivity (Wildman–Crippen MR) is 119 cm³/mol. The highest BCUT2D eigenvalue weighted by Gasteiger charge is 2.26. The molecule has 8 nitrogen and oxygen atoms in total. The standard InChI is InChI=1S/C20H25N5O3.C2H6/c1-20(2,3)28-19(26)22-10-12-11-27-9-8-15-24-16-17(25(12)15)13-6-4-5-7-14(13)23-18(16)21;1-2/h4-7,12H,8-11H2,1-3H3,(H2,21,23)(H,22,26);1-2H3/t12-;/m0./s1. The summed E-state index contributed by atoms with van der Waals surface area (Å²) in [6.07, 6.45) is 0.222. The zero-order valence-corrected chi connectivity index (χ0v) is 18.4. The van der Waals surface area contributed by atoms with E-state index in [9.17, 15) is 4.79 Å². The van der Waals surface area contributed by atoms with Crippen LogP contribution >= 0.6 is 0 Å². The van der Waals surface area contributed by atoms with Crippen LogP contribution < -0.4 is 11.1 Å². The number of amides is 1. The third kappa shape index (κ3) is 4.48. The van der Waals surface area contributed by atoms with Crippen molar-refractivity contribution < 1.29 is 14.3 Å². The molecule has 3 heterocycles. The van der Waals surface area contributed by atoms with Crippen LogP contribution in [0.1, 0.15) is 46.5 Å². The van der Waals surface area contributed by atoms with Gasteiger partial charge in [0.15, 0.2) is 5.82 Å². The van der Waals surface area contributed by atoms with E-state index in [-0.39, 0.29) is 6.04 Å². The molecule has 0 radical (unpaired) electrons. The Morgan fingerprint density at radius 2 is 2.03 bits per heavy atom. The third-order valence-corrected chi connectivity index (χ3v) is 4.65. The molecule has 3 N–H and O–H groups in total. The number of hydrogen-bond acceptors (Lipinski definition) is 6. The number of para-hydroxylation sites is 1. The number of anilines is 1. The summed E-state index contributed by atoms with van der Waals surface area (Å²) < 4.78 is 13.3. The number of carbonyl (C=O) groups is 1. The largest absolute Gasteiger partial charge is 0.444 e. The molecule has 162 valence electrons. The first kappa shape index (κ1) is 21.8. The van der Waals surface area contributed by atoms with Crippen molar-refractivity contribution in [3.8, 4) is 0 Å². The Morgan fingerprint density at radius 1 is 1.30 bits per heavy atom. The van der Waals surface area contributed by atoms with Crippen LogP contribution in [-0.4, -0.2) is 46.0 Å². The highest BCUT2D eigenvalue weighted by Crippen LogP contribution is 2.32. The molecule has 3 aromatic rings. The number of alkyl carbamates (subject to hydrolysis) is 1. The van der Waals surface area contributed by atoms with Crippen LogP contribution in [0.3, 0.4) is 0 Å². The van der Waals surface area contributed by atoms with Gasteiger partial charge >= 0.3 is 6.09 Å². The normalized spacial score (nSPS) is 16.4. The van der Waals surface area contributed by atoms with Gasteiger partial charge < -0.3 is 25.1 Å². The number of nitrogens with two attached hydrogens (primary N) is 1. The molecule has 0 aliphatic carbocycles. The molecule has 2 aromatic heterocycles. The summed E-state index contributed by atoms with van der Waals surface area (Å²) in [5, 5.41) is 3.84. The Kier molecular flexibility index (Phi) is 6.45. The van der Waals surface area contributed by atoms with E-state index < -0.39 is 11.7 Å². The van der Waals surface area contributed by atoms with Crippen LogP contribution in [-0.2, 0) is 15.9 Å². The molecule has 8 heteroatoms. The van der Waals surface area contributed by atoms with E-state index >= 15 is 0 Å². The summed E-state index contributed by atoms with van der Waals surface area (Å²) >= 11 is 0. The molecular formula is C22H31N5O3. The quantitative estimate of drug-likeness (QED) is 0.662. The van der Waals surface area contributed by atoms with Gasteiger partial charge in [-0.25, -0.2) is 14.8 Å². The lowest BCUT2D eigenvalue weighted by atomic mass is 10.1. The molecule has 0 saturated carbocycles. The van der Waals surface area contributed by atoms with Gasteiger partial charge in [-0.3, -0.25) is 0 Å². The maximum Gasteiger partial charge on any atom is 0.407 e. The number of hydrogen-bond donors (Lipinski definition) is 2. The van der Waals surface area contributed by atoms with Crippen molar-refractivity contribution in [1.82, 2.24) is 19.9 Å². The fraction of sp³-hybridized carbons (Fsp3) is 0.500. The highest BCUT2D eigenvalue weighted by molar-refractivity contribution is 6.06. The molecule has 0 saturated heterocycles. The first-order valence-corrected chi connectivity index (χ1v) is 10.4. The van der Waals surface area contributed by atoms with Gasteiger partial charge in [-0.2, -0.15) is 0 Å². The Bertz CT molecular complexity index is 1040. The average molecular weight is 414 g/mol. The summed E-state index contributed by atoms with van der Waals surface area (Å²) in [5.74, 6) is 1.29. The number of nitrogens with one attached hydrogen (secondary N) is 1. The number of aromatic nitrogens is 3. The van der Waals surface area contributed by atoms with Gasteiger partial charge in [-0.1, -0.05) is 32.0 Å². The van der Waals surface area contributed by atoms with Crippen molar-refractivity contribution in [2.24, 2.45) is 0 Å². The van der Waals surface area contributed by atoms with E-state index in [4.69, 9.17) is 20.2 Å². The van der Waals surface area contributed by atoms with Crippen molar-refractivity contribution in [3.05, 3.63) is 30.1 Å². The minimum absolute atomic E-state index is 0.125. The maximum absolute atomic E-state index is 12.1. The van der Waals surface area contributed by atoms with Crippen molar-refractivity contribution in [3.63, 3.8) is 0 Å². The Morgan fingerprint density at radius 3 is 2.77 bits per heavy atom. The van der Waals surface area contributed by atoms with Crippen LogP contribution in [0, 0.1) is 0 Å². The first-order valence-electron chi connectivity index (χ1n) is 10.4. The maximum atomic E-state index is 12.1. The fourth-order valence-electron chi connectivity index (χ4n) is 3.56. The topological polar surface area (TPSA) is 104 Å². The Balaban J connectivity index is 0.00000124. The molecule has 1 aliphatic rings. The Hall–Kier alpha value is -2.87. The van der Waals surface area contributed by atoms with E-state index in [1.165, 1.54) is 0 Å². The van der Waals surface area contributed by atoms with E-state index in [0.29, 0.717) is 37.5 Å². The second-order valence-electron chi connectivity index (χ2n) is 7.97. The summed E-state index contributed by atoms with van der Waals surface area (Å²) in [4.78, 5) is 21.4. The summed E-state index contributed by atoms with van der Waals surface area (Å²) in [5.41, 5.74) is 8.10. The molecule has 1 amide bonds. The number of nitrogens with zero attached hydrogens (tertiary/aromatic N) is 3. The summed E-state index contributed by atoms with van der Waals surface area (Å²) in [6.45, 7) is 10.9. The second kappa shape index (κ2) is 8.87. The molecule has 1 aromatic carbocycles. The van der Waals surface area contributed by atoms with Crippen LogP contribution in [0.2, 0.25) is 0 Å². The number of carbonyl (C=O) groups excluding carboxylic acids is 1. The minimum Gasteiger partial charge on any atom is -0.444 e. The lowest BCUT2D eigenvalue weighted by Crippen LogP contribution is -2.37. The summed E-state index contributed by atoms with van der Waals surface area (Å²) in [6, 6.07) is 7.74. The van der Waals surface area contributed by atoms with Crippen molar-refractivity contribution >= 4 is 33.8 Å². The smallest absolute Gasteiger partial charge is 0.407 e. The average Bonchev–Trinajstić information content (AvgIpc) is 2.97.